The lowest BCUT2D eigenvalue weighted by Crippen LogP contribution is -2.24. The average Bonchev–Trinajstić information content (AvgIpc) is 3.09. The fourth-order valence-corrected chi connectivity index (χ4v) is 2.57. The van der Waals surface area contributed by atoms with Gasteiger partial charge in [-0.25, -0.2) is 0 Å². The lowest BCUT2D eigenvalue weighted by molar-refractivity contribution is 0.251. The zero-order valence-corrected chi connectivity index (χ0v) is 13.9. The summed E-state index contributed by atoms with van der Waals surface area (Å²) in [6.07, 6.45) is 0.680. The standard InChI is InChI=1S/C19H21N3O2/c1-14(16-9-6-10-17(23)13-16)22(2)12-11-18-20-19(21-24-18)15-7-4-3-5-8-15/h3-10,13-14,23H,11-12H2,1-2H3/t14-/m1/s1. The molecular formula is C19H21N3O2. The first kappa shape index (κ1) is 16.2. The Balaban J connectivity index is 1.60. The van der Waals surface area contributed by atoms with Crippen LogP contribution in [0.1, 0.15) is 24.4 Å². The van der Waals surface area contributed by atoms with E-state index in [1.54, 1.807) is 12.1 Å². The third-order valence-corrected chi connectivity index (χ3v) is 4.19. The van der Waals surface area contributed by atoms with E-state index >= 15 is 0 Å². The van der Waals surface area contributed by atoms with E-state index in [9.17, 15) is 5.11 Å². The number of benzene rings is 2. The molecule has 124 valence electrons. The number of likely N-dealkylation sites (N-methyl/N-ethyl adjacent to an activating group) is 1. The Morgan fingerprint density at radius 3 is 2.67 bits per heavy atom. The predicted molar refractivity (Wildman–Crippen MR) is 92.6 cm³/mol. The van der Waals surface area contributed by atoms with Crippen LogP contribution in [0.15, 0.2) is 59.1 Å². The summed E-state index contributed by atoms with van der Waals surface area (Å²) >= 11 is 0. The zero-order valence-electron chi connectivity index (χ0n) is 13.9. The predicted octanol–water partition coefficient (Wildman–Crippen LogP) is 3.68. The van der Waals surface area contributed by atoms with Gasteiger partial charge in [-0.1, -0.05) is 47.6 Å². The molecule has 3 rings (SSSR count). The lowest BCUT2D eigenvalue weighted by atomic mass is 10.1. The Hall–Kier alpha value is -2.66. The van der Waals surface area contributed by atoms with Crippen LogP contribution in [0.3, 0.4) is 0 Å². The van der Waals surface area contributed by atoms with Crippen molar-refractivity contribution in [2.24, 2.45) is 0 Å². The summed E-state index contributed by atoms with van der Waals surface area (Å²) in [4.78, 5) is 6.65. The molecule has 5 nitrogen and oxygen atoms in total. The number of rotatable bonds is 6. The Kier molecular flexibility index (Phi) is 4.91. The van der Waals surface area contributed by atoms with Gasteiger partial charge >= 0.3 is 0 Å². The van der Waals surface area contributed by atoms with Crippen molar-refractivity contribution in [1.29, 1.82) is 0 Å². The van der Waals surface area contributed by atoms with Gasteiger partial charge < -0.3 is 9.63 Å². The van der Waals surface area contributed by atoms with E-state index in [2.05, 4.69) is 22.0 Å². The van der Waals surface area contributed by atoms with Crippen LogP contribution in [0.25, 0.3) is 11.4 Å². The van der Waals surface area contributed by atoms with E-state index in [1.165, 1.54) is 0 Å². The molecule has 0 saturated heterocycles. The van der Waals surface area contributed by atoms with Crippen LogP contribution in [-0.4, -0.2) is 33.7 Å². The Bertz CT molecular complexity index is 786. The minimum absolute atomic E-state index is 0.189. The third kappa shape index (κ3) is 3.81. The molecule has 0 bridgehead atoms. The molecule has 1 aromatic heterocycles. The molecule has 0 spiro atoms. The number of nitrogens with zero attached hydrogens (tertiary/aromatic N) is 3. The van der Waals surface area contributed by atoms with E-state index in [1.807, 2.05) is 49.5 Å². The van der Waals surface area contributed by atoms with Gasteiger partial charge in [0.2, 0.25) is 11.7 Å². The van der Waals surface area contributed by atoms with Gasteiger partial charge in [-0.2, -0.15) is 4.98 Å². The van der Waals surface area contributed by atoms with Crippen LogP contribution >= 0.6 is 0 Å². The van der Waals surface area contributed by atoms with Gasteiger partial charge in [0.1, 0.15) is 5.75 Å². The van der Waals surface area contributed by atoms with Crippen LogP contribution in [0.2, 0.25) is 0 Å². The Labute approximate surface area is 141 Å². The number of aromatic hydroxyl groups is 1. The van der Waals surface area contributed by atoms with Crippen molar-refractivity contribution in [3.8, 4) is 17.1 Å². The highest BCUT2D eigenvalue weighted by atomic mass is 16.5. The maximum Gasteiger partial charge on any atom is 0.228 e. The number of phenols is 1. The highest BCUT2D eigenvalue weighted by Crippen LogP contribution is 2.22. The number of aromatic nitrogens is 2. The second-order valence-corrected chi connectivity index (χ2v) is 5.88. The molecule has 24 heavy (non-hydrogen) atoms. The van der Waals surface area contributed by atoms with Crippen LogP contribution in [0, 0.1) is 0 Å². The van der Waals surface area contributed by atoms with Gasteiger partial charge in [-0.15, -0.1) is 0 Å². The van der Waals surface area contributed by atoms with Crippen molar-refractivity contribution in [2.75, 3.05) is 13.6 Å². The van der Waals surface area contributed by atoms with E-state index in [-0.39, 0.29) is 11.8 Å². The van der Waals surface area contributed by atoms with Gasteiger partial charge in [0.25, 0.3) is 0 Å². The topological polar surface area (TPSA) is 62.4 Å². The second-order valence-electron chi connectivity index (χ2n) is 5.88. The maximum absolute atomic E-state index is 9.61. The molecule has 1 atom stereocenters. The third-order valence-electron chi connectivity index (χ3n) is 4.19. The first-order valence-corrected chi connectivity index (χ1v) is 8.00. The summed E-state index contributed by atoms with van der Waals surface area (Å²) in [7, 11) is 2.04. The SMILES string of the molecule is C[C@H](c1cccc(O)c1)N(C)CCc1nc(-c2ccccc2)no1. The van der Waals surface area contributed by atoms with E-state index < -0.39 is 0 Å². The number of hydrogen-bond acceptors (Lipinski definition) is 5. The summed E-state index contributed by atoms with van der Waals surface area (Å²) < 4.78 is 5.35. The van der Waals surface area contributed by atoms with Gasteiger partial charge in [0, 0.05) is 24.6 Å². The van der Waals surface area contributed by atoms with E-state index in [4.69, 9.17) is 4.52 Å². The highest BCUT2D eigenvalue weighted by molar-refractivity contribution is 5.53. The monoisotopic (exact) mass is 323 g/mol. The van der Waals surface area contributed by atoms with Crippen molar-refractivity contribution in [2.45, 2.75) is 19.4 Å². The van der Waals surface area contributed by atoms with Crippen molar-refractivity contribution in [1.82, 2.24) is 15.0 Å². The Morgan fingerprint density at radius 2 is 1.92 bits per heavy atom. The normalized spacial score (nSPS) is 12.5. The fraction of sp³-hybridized carbons (Fsp3) is 0.263. The fourth-order valence-electron chi connectivity index (χ4n) is 2.57. The summed E-state index contributed by atoms with van der Waals surface area (Å²) in [6.45, 7) is 2.89. The van der Waals surface area contributed by atoms with E-state index in [0.29, 0.717) is 18.1 Å². The molecule has 0 amide bonds. The van der Waals surface area contributed by atoms with Crippen molar-refractivity contribution < 1.29 is 9.63 Å². The summed E-state index contributed by atoms with van der Waals surface area (Å²) in [5, 5.41) is 13.7. The molecule has 0 aliphatic heterocycles. The maximum atomic E-state index is 9.61. The van der Waals surface area contributed by atoms with Crippen molar-refractivity contribution >= 4 is 0 Å². The first-order chi connectivity index (χ1) is 11.6. The van der Waals surface area contributed by atoms with Crippen molar-refractivity contribution in [3.05, 3.63) is 66.1 Å². The van der Waals surface area contributed by atoms with Crippen molar-refractivity contribution in [3.63, 3.8) is 0 Å². The molecule has 2 aromatic carbocycles. The average molecular weight is 323 g/mol. The van der Waals surface area contributed by atoms with Crippen LogP contribution in [-0.2, 0) is 6.42 Å². The molecule has 0 fully saturated rings. The molecule has 0 saturated carbocycles. The molecule has 0 aliphatic carbocycles. The highest BCUT2D eigenvalue weighted by Gasteiger charge is 2.14. The lowest BCUT2D eigenvalue weighted by Gasteiger charge is -2.24. The number of hydrogen-bond donors (Lipinski definition) is 1. The minimum Gasteiger partial charge on any atom is -0.508 e. The van der Waals surface area contributed by atoms with Crippen LogP contribution in [0.5, 0.6) is 5.75 Å². The van der Waals surface area contributed by atoms with Gasteiger partial charge in [-0.05, 0) is 31.7 Å². The number of phenolic OH excluding ortho intramolecular Hbond substituents is 1. The Morgan fingerprint density at radius 1 is 1.12 bits per heavy atom. The molecule has 1 heterocycles. The largest absolute Gasteiger partial charge is 0.508 e. The van der Waals surface area contributed by atoms with Gasteiger partial charge in [0.15, 0.2) is 0 Å². The smallest absolute Gasteiger partial charge is 0.228 e. The quantitative estimate of drug-likeness (QED) is 0.750. The molecule has 5 heteroatoms. The molecule has 0 aliphatic rings. The molecule has 0 radical (unpaired) electrons. The van der Waals surface area contributed by atoms with Crippen LogP contribution < -0.4 is 0 Å². The van der Waals surface area contributed by atoms with Crippen LogP contribution in [0.4, 0.5) is 0 Å². The summed E-state index contributed by atoms with van der Waals surface area (Å²) in [5.74, 6) is 1.54. The van der Waals surface area contributed by atoms with E-state index in [0.717, 1.165) is 17.7 Å². The van der Waals surface area contributed by atoms with Gasteiger partial charge in [0.05, 0.1) is 0 Å². The minimum atomic E-state index is 0.189. The summed E-state index contributed by atoms with van der Waals surface area (Å²) in [6, 6.07) is 17.3. The first-order valence-electron chi connectivity index (χ1n) is 8.00. The molecular weight excluding hydrogens is 302 g/mol. The summed E-state index contributed by atoms with van der Waals surface area (Å²) in [5.41, 5.74) is 2.03. The molecule has 1 N–H and O–H groups in total. The zero-order chi connectivity index (χ0) is 16.9. The van der Waals surface area contributed by atoms with Gasteiger partial charge in [-0.3, -0.25) is 4.90 Å². The second kappa shape index (κ2) is 7.27. The molecule has 3 aromatic rings. The molecule has 0 unspecified atom stereocenters.